The third kappa shape index (κ3) is 4.36. The summed E-state index contributed by atoms with van der Waals surface area (Å²) in [4.78, 5) is 44.1. The van der Waals surface area contributed by atoms with Gasteiger partial charge in [-0.3, -0.25) is 14.4 Å². The molecule has 0 aromatic carbocycles. The van der Waals surface area contributed by atoms with Crippen molar-refractivity contribution < 1.29 is 14.4 Å². The van der Waals surface area contributed by atoms with E-state index in [-0.39, 0.29) is 29.6 Å². The number of nitrogens with zero attached hydrogens (tertiary/aromatic N) is 3. The van der Waals surface area contributed by atoms with Crippen LogP contribution >= 0.6 is 11.3 Å². The minimum Gasteiger partial charge on any atom is -0.343 e. The molecule has 0 unspecified atom stereocenters. The molecule has 2 saturated heterocycles. The first-order valence-electron chi connectivity index (χ1n) is 8.79. The molecule has 2 aliphatic rings. The molecule has 1 N–H and O–H groups in total. The quantitative estimate of drug-likeness (QED) is 0.883. The molecule has 136 valence electrons. The van der Waals surface area contributed by atoms with Crippen molar-refractivity contribution in [3.63, 3.8) is 0 Å². The van der Waals surface area contributed by atoms with E-state index >= 15 is 0 Å². The molecule has 1 aromatic heterocycles. The average molecular weight is 364 g/mol. The number of carbonyl (C=O) groups is 3. The van der Waals surface area contributed by atoms with Crippen LogP contribution in [0.15, 0.2) is 11.6 Å². The topological polar surface area (TPSA) is 82.6 Å². The molecule has 0 spiro atoms. The minimum atomic E-state index is -0.0625. The van der Waals surface area contributed by atoms with Crippen LogP contribution in [0.1, 0.15) is 32.6 Å². The van der Waals surface area contributed by atoms with Gasteiger partial charge in [-0.1, -0.05) is 0 Å². The van der Waals surface area contributed by atoms with Crippen LogP contribution in [0.4, 0.5) is 5.13 Å². The Hall–Kier alpha value is -1.96. The van der Waals surface area contributed by atoms with Gasteiger partial charge in [-0.2, -0.15) is 0 Å². The summed E-state index contributed by atoms with van der Waals surface area (Å²) in [6, 6.07) is 0. The molecule has 2 fully saturated rings. The SMILES string of the molecule is CC(=O)N1CCC(C(=O)N2CCC(C(=O)Nc3nccs3)CC2)CC1. The van der Waals surface area contributed by atoms with Crippen LogP contribution in [-0.4, -0.2) is 58.7 Å². The molecule has 3 amide bonds. The zero-order valence-electron chi connectivity index (χ0n) is 14.4. The highest BCUT2D eigenvalue weighted by molar-refractivity contribution is 7.13. The first-order valence-corrected chi connectivity index (χ1v) is 9.67. The molecule has 25 heavy (non-hydrogen) atoms. The minimum absolute atomic E-state index is 0.00295. The first kappa shape index (κ1) is 17.8. The second-order valence-corrected chi connectivity index (χ2v) is 7.60. The van der Waals surface area contributed by atoms with E-state index in [0.717, 1.165) is 12.8 Å². The number of anilines is 1. The van der Waals surface area contributed by atoms with Gasteiger partial charge >= 0.3 is 0 Å². The predicted molar refractivity (Wildman–Crippen MR) is 95.0 cm³/mol. The van der Waals surface area contributed by atoms with E-state index in [1.807, 2.05) is 10.3 Å². The Labute approximate surface area is 151 Å². The van der Waals surface area contributed by atoms with Crippen molar-refractivity contribution in [2.75, 3.05) is 31.5 Å². The lowest BCUT2D eigenvalue weighted by molar-refractivity contribution is -0.142. The molecule has 1 aromatic rings. The summed E-state index contributed by atoms with van der Waals surface area (Å²) in [6.07, 6.45) is 4.52. The fraction of sp³-hybridized carbons (Fsp3) is 0.647. The maximum atomic E-state index is 12.7. The molecule has 8 heteroatoms. The van der Waals surface area contributed by atoms with E-state index in [2.05, 4.69) is 10.3 Å². The summed E-state index contributed by atoms with van der Waals surface area (Å²) in [5.41, 5.74) is 0. The Balaban J connectivity index is 1.45. The molecule has 7 nitrogen and oxygen atoms in total. The summed E-state index contributed by atoms with van der Waals surface area (Å²) in [6.45, 7) is 4.16. The molecule has 3 rings (SSSR count). The highest BCUT2D eigenvalue weighted by Crippen LogP contribution is 2.25. The smallest absolute Gasteiger partial charge is 0.229 e. The van der Waals surface area contributed by atoms with Crippen LogP contribution in [0.25, 0.3) is 0 Å². The zero-order chi connectivity index (χ0) is 17.8. The Morgan fingerprint density at radius 3 is 2.20 bits per heavy atom. The first-order chi connectivity index (χ1) is 12.0. The summed E-state index contributed by atoms with van der Waals surface area (Å²) in [7, 11) is 0. The number of nitrogens with one attached hydrogen (secondary N) is 1. The second kappa shape index (κ2) is 7.95. The van der Waals surface area contributed by atoms with Gasteiger partial charge in [0.15, 0.2) is 5.13 Å². The van der Waals surface area contributed by atoms with E-state index in [1.54, 1.807) is 18.0 Å². The maximum absolute atomic E-state index is 12.7. The number of thiazole rings is 1. The van der Waals surface area contributed by atoms with Crippen molar-refractivity contribution in [2.24, 2.45) is 11.8 Å². The fourth-order valence-electron chi connectivity index (χ4n) is 3.55. The molecule has 0 radical (unpaired) electrons. The van der Waals surface area contributed by atoms with Crippen molar-refractivity contribution in [3.05, 3.63) is 11.6 Å². The van der Waals surface area contributed by atoms with Crippen molar-refractivity contribution in [2.45, 2.75) is 32.6 Å². The van der Waals surface area contributed by atoms with E-state index in [0.29, 0.717) is 44.2 Å². The Morgan fingerprint density at radius 2 is 1.64 bits per heavy atom. The lowest BCUT2D eigenvalue weighted by Gasteiger charge is -2.36. The Morgan fingerprint density at radius 1 is 1.04 bits per heavy atom. The zero-order valence-corrected chi connectivity index (χ0v) is 15.3. The van der Waals surface area contributed by atoms with Crippen molar-refractivity contribution >= 4 is 34.2 Å². The monoisotopic (exact) mass is 364 g/mol. The van der Waals surface area contributed by atoms with Crippen molar-refractivity contribution in [1.82, 2.24) is 14.8 Å². The molecular weight excluding hydrogens is 340 g/mol. The van der Waals surface area contributed by atoms with Crippen LogP contribution in [0.5, 0.6) is 0 Å². The van der Waals surface area contributed by atoms with E-state index in [1.165, 1.54) is 11.3 Å². The van der Waals surface area contributed by atoms with Crippen LogP contribution in [0.2, 0.25) is 0 Å². The number of hydrogen-bond acceptors (Lipinski definition) is 5. The number of amides is 3. The van der Waals surface area contributed by atoms with E-state index < -0.39 is 0 Å². The van der Waals surface area contributed by atoms with Gasteiger partial charge in [0, 0.05) is 56.5 Å². The fourth-order valence-corrected chi connectivity index (χ4v) is 4.09. The third-order valence-electron chi connectivity index (χ3n) is 5.13. The molecule has 3 heterocycles. The van der Waals surface area contributed by atoms with Gasteiger partial charge in [0.2, 0.25) is 17.7 Å². The summed E-state index contributed by atoms with van der Waals surface area (Å²) in [5, 5.41) is 5.30. The van der Waals surface area contributed by atoms with Gasteiger partial charge < -0.3 is 15.1 Å². The largest absolute Gasteiger partial charge is 0.343 e. The maximum Gasteiger partial charge on any atom is 0.229 e. The predicted octanol–water partition coefficient (Wildman–Crippen LogP) is 1.58. The van der Waals surface area contributed by atoms with Crippen molar-refractivity contribution in [3.8, 4) is 0 Å². The lowest BCUT2D eigenvalue weighted by atomic mass is 9.91. The Bertz CT molecular complexity index is 618. The van der Waals surface area contributed by atoms with E-state index in [9.17, 15) is 14.4 Å². The molecule has 0 aliphatic carbocycles. The van der Waals surface area contributed by atoms with Gasteiger partial charge in [0.25, 0.3) is 0 Å². The van der Waals surface area contributed by atoms with Crippen molar-refractivity contribution in [1.29, 1.82) is 0 Å². The highest BCUT2D eigenvalue weighted by Gasteiger charge is 2.33. The molecule has 0 saturated carbocycles. The summed E-state index contributed by atoms with van der Waals surface area (Å²) < 4.78 is 0. The molecule has 0 bridgehead atoms. The molecule has 0 atom stereocenters. The number of aromatic nitrogens is 1. The number of hydrogen-bond donors (Lipinski definition) is 1. The van der Waals surface area contributed by atoms with Crippen LogP contribution in [0.3, 0.4) is 0 Å². The second-order valence-electron chi connectivity index (χ2n) is 6.71. The van der Waals surface area contributed by atoms with Crippen LogP contribution in [-0.2, 0) is 14.4 Å². The molecule has 2 aliphatic heterocycles. The van der Waals surface area contributed by atoms with E-state index in [4.69, 9.17) is 0 Å². The van der Waals surface area contributed by atoms with Gasteiger partial charge in [0.05, 0.1) is 0 Å². The average Bonchev–Trinajstić information content (AvgIpc) is 3.14. The highest BCUT2D eigenvalue weighted by atomic mass is 32.1. The number of piperidine rings is 2. The van der Waals surface area contributed by atoms with Gasteiger partial charge in [-0.05, 0) is 25.7 Å². The Kier molecular flexibility index (Phi) is 5.67. The number of likely N-dealkylation sites (tertiary alicyclic amines) is 2. The van der Waals surface area contributed by atoms with Gasteiger partial charge in [0.1, 0.15) is 0 Å². The van der Waals surface area contributed by atoms with Crippen LogP contribution in [0, 0.1) is 11.8 Å². The summed E-state index contributed by atoms with van der Waals surface area (Å²) >= 11 is 1.41. The van der Waals surface area contributed by atoms with Gasteiger partial charge in [-0.15, -0.1) is 11.3 Å². The third-order valence-corrected chi connectivity index (χ3v) is 5.82. The lowest BCUT2D eigenvalue weighted by Crippen LogP contribution is -2.47. The standard InChI is InChI=1S/C17H24N4O3S/c1-12(22)20-7-4-14(5-8-20)16(24)21-9-2-13(3-10-21)15(23)19-17-18-6-11-25-17/h6,11,13-14H,2-5,7-10H2,1H3,(H,18,19,23). The molecular formula is C17H24N4O3S. The summed E-state index contributed by atoms with van der Waals surface area (Å²) in [5.74, 6) is 0.209. The van der Waals surface area contributed by atoms with Gasteiger partial charge in [-0.25, -0.2) is 4.98 Å². The normalized spacial score (nSPS) is 19.7. The van der Waals surface area contributed by atoms with Crippen LogP contribution < -0.4 is 5.32 Å². The number of rotatable bonds is 3. The number of carbonyl (C=O) groups excluding carboxylic acids is 3.